The van der Waals surface area contributed by atoms with Crippen LogP contribution in [0.1, 0.15) is 15.9 Å². The summed E-state index contributed by atoms with van der Waals surface area (Å²) in [7, 11) is 0. The fourth-order valence-corrected chi connectivity index (χ4v) is 1.77. The maximum atomic E-state index is 11.0. The summed E-state index contributed by atoms with van der Waals surface area (Å²) in [6.07, 6.45) is 0.873. The predicted octanol–water partition coefficient (Wildman–Crippen LogP) is 3.06. The van der Waals surface area contributed by atoms with Gasteiger partial charge in [-0.1, -0.05) is 30.3 Å². The zero-order chi connectivity index (χ0) is 11.5. The molecular formula is C14H13NO. The molecule has 16 heavy (non-hydrogen) atoms. The molecule has 0 aromatic heterocycles. The number of aryl methyl sites for hydroxylation is 1. The number of benzene rings is 2. The van der Waals surface area contributed by atoms with E-state index in [0.717, 1.165) is 23.0 Å². The van der Waals surface area contributed by atoms with Gasteiger partial charge >= 0.3 is 0 Å². The number of anilines is 1. The van der Waals surface area contributed by atoms with Crippen molar-refractivity contribution in [3.8, 4) is 11.1 Å². The summed E-state index contributed by atoms with van der Waals surface area (Å²) in [4.78, 5) is 11.0. The lowest BCUT2D eigenvalue weighted by atomic mass is 9.96. The van der Waals surface area contributed by atoms with E-state index < -0.39 is 0 Å². The van der Waals surface area contributed by atoms with Crippen LogP contribution in [0, 0.1) is 6.92 Å². The van der Waals surface area contributed by atoms with Crippen molar-refractivity contribution >= 4 is 12.0 Å². The molecule has 2 nitrogen and oxygen atoms in total. The number of rotatable bonds is 2. The van der Waals surface area contributed by atoms with Crippen molar-refractivity contribution in [3.63, 3.8) is 0 Å². The number of hydrogen-bond acceptors (Lipinski definition) is 2. The van der Waals surface area contributed by atoms with Crippen molar-refractivity contribution < 1.29 is 4.79 Å². The van der Waals surface area contributed by atoms with Crippen LogP contribution in [-0.4, -0.2) is 6.29 Å². The third-order valence-corrected chi connectivity index (χ3v) is 2.64. The van der Waals surface area contributed by atoms with E-state index in [9.17, 15) is 4.79 Å². The van der Waals surface area contributed by atoms with Gasteiger partial charge < -0.3 is 5.73 Å². The van der Waals surface area contributed by atoms with Crippen LogP contribution in [0.15, 0.2) is 42.5 Å². The quantitative estimate of drug-likeness (QED) is 0.612. The number of hydrogen-bond donors (Lipinski definition) is 1. The molecule has 0 spiro atoms. The van der Waals surface area contributed by atoms with Crippen molar-refractivity contribution in [2.24, 2.45) is 0 Å². The first-order valence-electron chi connectivity index (χ1n) is 5.13. The second-order valence-corrected chi connectivity index (χ2v) is 3.78. The molecule has 0 saturated carbocycles. The Morgan fingerprint density at radius 3 is 2.56 bits per heavy atom. The first kappa shape index (κ1) is 10.4. The standard InChI is InChI=1S/C14H13NO/c1-10-6-7-12(15)8-14(10)13-5-3-2-4-11(13)9-16/h2-9H,15H2,1H3. The zero-order valence-electron chi connectivity index (χ0n) is 9.10. The molecule has 0 radical (unpaired) electrons. The van der Waals surface area contributed by atoms with Crippen molar-refractivity contribution in [3.05, 3.63) is 53.6 Å². The van der Waals surface area contributed by atoms with Crippen LogP contribution in [0.2, 0.25) is 0 Å². The van der Waals surface area contributed by atoms with Crippen LogP contribution in [0.25, 0.3) is 11.1 Å². The van der Waals surface area contributed by atoms with Gasteiger partial charge in [-0.3, -0.25) is 4.79 Å². The number of nitrogen functional groups attached to an aromatic ring is 1. The Labute approximate surface area is 94.7 Å². The summed E-state index contributed by atoms with van der Waals surface area (Å²) >= 11 is 0. The average molecular weight is 211 g/mol. The topological polar surface area (TPSA) is 43.1 Å². The highest BCUT2D eigenvalue weighted by atomic mass is 16.1. The van der Waals surface area contributed by atoms with Crippen molar-refractivity contribution in [2.45, 2.75) is 6.92 Å². The molecule has 0 atom stereocenters. The largest absolute Gasteiger partial charge is 0.399 e. The second-order valence-electron chi connectivity index (χ2n) is 3.78. The SMILES string of the molecule is Cc1ccc(N)cc1-c1ccccc1C=O. The lowest BCUT2D eigenvalue weighted by Gasteiger charge is -2.09. The van der Waals surface area contributed by atoms with Gasteiger partial charge in [-0.2, -0.15) is 0 Å². The van der Waals surface area contributed by atoms with E-state index in [1.807, 2.05) is 49.4 Å². The third-order valence-electron chi connectivity index (χ3n) is 2.64. The van der Waals surface area contributed by atoms with Crippen LogP contribution < -0.4 is 5.73 Å². The molecule has 0 fully saturated rings. The van der Waals surface area contributed by atoms with Crippen LogP contribution in [0.4, 0.5) is 5.69 Å². The molecule has 80 valence electrons. The molecule has 0 unspecified atom stereocenters. The van der Waals surface area contributed by atoms with Gasteiger partial charge in [0.25, 0.3) is 0 Å². The lowest BCUT2D eigenvalue weighted by molar-refractivity contribution is 0.112. The maximum absolute atomic E-state index is 11.0. The minimum absolute atomic E-state index is 0.691. The van der Waals surface area contributed by atoms with E-state index in [0.29, 0.717) is 11.3 Å². The molecule has 2 aromatic carbocycles. The molecule has 2 aromatic rings. The van der Waals surface area contributed by atoms with E-state index in [2.05, 4.69) is 0 Å². The molecule has 0 amide bonds. The van der Waals surface area contributed by atoms with Crippen LogP contribution in [0.3, 0.4) is 0 Å². The number of carbonyl (C=O) groups excluding carboxylic acids is 1. The second kappa shape index (κ2) is 4.19. The molecule has 0 aliphatic heterocycles. The van der Waals surface area contributed by atoms with Crippen LogP contribution in [-0.2, 0) is 0 Å². The molecule has 0 aliphatic rings. The van der Waals surface area contributed by atoms with Crippen molar-refractivity contribution in [1.82, 2.24) is 0 Å². The first-order chi connectivity index (χ1) is 7.72. The highest BCUT2D eigenvalue weighted by molar-refractivity contribution is 5.89. The summed E-state index contributed by atoms with van der Waals surface area (Å²) in [6, 6.07) is 13.3. The van der Waals surface area contributed by atoms with Gasteiger partial charge in [0.1, 0.15) is 0 Å². The van der Waals surface area contributed by atoms with Crippen LogP contribution >= 0.6 is 0 Å². The maximum Gasteiger partial charge on any atom is 0.150 e. The van der Waals surface area contributed by atoms with E-state index in [-0.39, 0.29) is 0 Å². The Bertz CT molecular complexity index is 532. The minimum Gasteiger partial charge on any atom is -0.399 e. The number of carbonyl (C=O) groups is 1. The highest BCUT2D eigenvalue weighted by Gasteiger charge is 2.06. The Morgan fingerprint density at radius 1 is 1.06 bits per heavy atom. The average Bonchev–Trinajstić information content (AvgIpc) is 2.32. The Kier molecular flexibility index (Phi) is 2.73. The van der Waals surface area contributed by atoms with Gasteiger partial charge in [-0.05, 0) is 35.7 Å². The lowest BCUT2D eigenvalue weighted by Crippen LogP contribution is -1.92. The molecule has 2 rings (SSSR count). The molecular weight excluding hydrogens is 198 g/mol. The molecule has 0 bridgehead atoms. The van der Waals surface area contributed by atoms with Gasteiger partial charge in [0, 0.05) is 11.3 Å². The highest BCUT2D eigenvalue weighted by Crippen LogP contribution is 2.27. The summed E-state index contributed by atoms with van der Waals surface area (Å²) in [5.41, 5.74) is 10.2. The summed E-state index contributed by atoms with van der Waals surface area (Å²) in [6.45, 7) is 2.01. The zero-order valence-corrected chi connectivity index (χ0v) is 9.10. The van der Waals surface area contributed by atoms with Crippen molar-refractivity contribution in [1.29, 1.82) is 0 Å². The van der Waals surface area contributed by atoms with Gasteiger partial charge in [-0.25, -0.2) is 0 Å². The molecule has 0 saturated heterocycles. The summed E-state index contributed by atoms with van der Waals surface area (Å²) < 4.78 is 0. The van der Waals surface area contributed by atoms with Gasteiger partial charge in [-0.15, -0.1) is 0 Å². The predicted molar refractivity (Wildman–Crippen MR) is 66.4 cm³/mol. The monoisotopic (exact) mass is 211 g/mol. The third kappa shape index (κ3) is 1.82. The summed E-state index contributed by atoms with van der Waals surface area (Å²) in [5.74, 6) is 0. The Morgan fingerprint density at radius 2 is 1.81 bits per heavy atom. The summed E-state index contributed by atoms with van der Waals surface area (Å²) in [5, 5.41) is 0. The molecule has 0 aliphatic carbocycles. The van der Waals surface area contributed by atoms with E-state index in [1.54, 1.807) is 0 Å². The van der Waals surface area contributed by atoms with E-state index in [4.69, 9.17) is 5.73 Å². The fraction of sp³-hybridized carbons (Fsp3) is 0.0714. The number of aldehydes is 1. The molecule has 2 heteroatoms. The van der Waals surface area contributed by atoms with Gasteiger partial charge in [0.15, 0.2) is 6.29 Å². The van der Waals surface area contributed by atoms with E-state index >= 15 is 0 Å². The Balaban J connectivity index is 2.66. The molecule has 0 heterocycles. The van der Waals surface area contributed by atoms with Gasteiger partial charge in [0.05, 0.1) is 0 Å². The van der Waals surface area contributed by atoms with Crippen molar-refractivity contribution in [2.75, 3.05) is 5.73 Å². The Hall–Kier alpha value is -2.09. The number of nitrogens with two attached hydrogens (primary N) is 1. The smallest absolute Gasteiger partial charge is 0.150 e. The van der Waals surface area contributed by atoms with Crippen LogP contribution in [0.5, 0.6) is 0 Å². The fourth-order valence-electron chi connectivity index (χ4n) is 1.77. The normalized spacial score (nSPS) is 10.1. The van der Waals surface area contributed by atoms with Gasteiger partial charge in [0.2, 0.25) is 0 Å². The first-order valence-corrected chi connectivity index (χ1v) is 5.13. The minimum atomic E-state index is 0.691. The van der Waals surface area contributed by atoms with E-state index in [1.165, 1.54) is 0 Å². The molecule has 2 N–H and O–H groups in total.